The Hall–Kier alpha value is -3.37. The first-order valence-corrected chi connectivity index (χ1v) is 15.4. The fraction of sp³-hybridized carbons (Fsp3) is 0. The molecule has 5 rings (SSSR count). The number of rotatable bonds is 5. The number of carbonyl (C=O) groups is 2. The average Bonchev–Trinajstić information content (AvgIpc) is 2.93. The summed E-state index contributed by atoms with van der Waals surface area (Å²) in [6.07, 6.45) is 0. The predicted octanol–water partition coefficient (Wildman–Crippen LogP) is 8.52. The van der Waals surface area contributed by atoms with E-state index in [1.165, 1.54) is 36.4 Å². The number of hydrogen-bond donors (Lipinski definition) is 1. The van der Waals surface area contributed by atoms with Gasteiger partial charge in [0.15, 0.2) is 16.5 Å². The maximum Gasteiger partial charge on any atom is 0.345 e. The van der Waals surface area contributed by atoms with Crippen LogP contribution in [0.2, 0.25) is 0 Å². The van der Waals surface area contributed by atoms with E-state index in [0.29, 0.717) is 13.4 Å². The van der Waals surface area contributed by atoms with Gasteiger partial charge in [-0.25, -0.2) is 18.4 Å². The zero-order valence-corrected chi connectivity index (χ0v) is 26.3. The second kappa shape index (κ2) is 11.6. The van der Waals surface area contributed by atoms with Crippen molar-refractivity contribution in [2.24, 2.45) is 0 Å². The Morgan fingerprint density at radius 2 is 1.02 bits per heavy atom. The van der Waals surface area contributed by atoms with Crippen molar-refractivity contribution in [3.05, 3.63) is 108 Å². The molecule has 0 saturated heterocycles. The van der Waals surface area contributed by atoms with Gasteiger partial charge in [-0.2, -0.15) is 17.2 Å². The van der Waals surface area contributed by atoms with Crippen LogP contribution in [0.3, 0.4) is 0 Å². The number of esters is 2. The van der Waals surface area contributed by atoms with Crippen molar-refractivity contribution in [3.63, 3.8) is 0 Å². The monoisotopic (exact) mass is 804 g/mol. The van der Waals surface area contributed by atoms with Crippen molar-refractivity contribution >= 4 is 91.4 Å². The van der Waals surface area contributed by atoms with Crippen LogP contribution in [0.4, 0.5) is 17.6 Å². The SMILES string of the molecule is O=C(Oc1c2ccccc2c(C(=O)Oc2c(F)c(F)c(S(=O)(=O)O)c(F)c2F)c2ccccc12)c1c(Br)cc(Br)cc1Br. The number of hydrogen-bond acceptors (Lipinski definition) is 6. The summed E-state index contributed by atoms with van der Waals surface area (Å²) >= 11 is 9.97. The van der Waals surface area contributed by atoms with Gasteiger partial charge < -0.3 is 9.47 Å². The van der Waals surface area contributed by atoms with Gasteiger partial charge >= 0.3 is 22.1 Å². The van der Waals surface area contributed by atoms with Crippen molar-refractivity contribution in [1.82, 2.24) is 0 Å². The van der Waals surface area contributed by atoms with E-state index in [4.69, 9.17) is 14.0 Å². The number of halogens is 7. The van der Waals surface area contributed by atoms with Crippen molar-refractivity contribution in [2.75, 3.05) is 0 Å². The van der Waals surface area contributed by atoms with Gasteiger partial charge in [-0.1, -0.05) is 64.5 Å². The molecule has 220 valence electrons. The molecule has 0 heterocycles. The van der Waals surface area contributed by atoms with Crippen LogP contribution < -0.4 is 9.47 Å². The third-order valence-electron chi connectivity index (χ3n) is 6.13. The predicted molar refractivity (Wildman–Crippen MR) is 157 cm³/mol. The Bertz CT molecular complexity index is 2030. The average molecular weight is 807 g/mol. The van der Waals surface area contributed by atoms with Crippen molar-refractivity contribution in [3.8, 4) is 11.5 Å². The highest BCUT2D eigenvalue weighted by molar-refractivity contribution is 9.11. The fourth-order valence-corrected chi connectivity index (χ4v) is 7.57. The van der Waals surface area contributed by atoms with E-state index >= 15 is 0 Å². The summed E-state index contributed by atoms with van der Waals surface area (Å²) < 4.78 is 102. The largest absolute Gasteiger partial charge is 0.422 e. The first-order valence-electron chi connectivity index (χ1n) is 11.6. The molecule has 5 aromatic carbocycles. The van der Waals surface area contributed by atoms with Crippen molar-refractivity contribution < 1.29 is 49.6 Å². The molecule has 1 N–H and O–H groups in total. The first kappa shape index (κ1) is 31.1. The zero-order valence-electron chi connectivity index (χ0n) is 20.7. The summed E-state index contributed by atoms with van der Waals surface area (Å²) in [5.74, 6) is -13.9. The highest BCUT2D eigenvalue weighted by Gasteiger charge is 2.35. The lowest BCUT2D eigenvalue weighted by atomic mass is 9.95. The van der Waals surface area contributed by atoms with Crippen LogP contribution in [-0.2, 0) is 10.1 Å². The van der Waals surface area contributed by atoms with E-state index in [0.717, 1.165) is 0 Å². The molecule has 0 spiro atoms. The van der Waals surface area contributed by atoms with E-state index in [-0.39, 0.29) is 38.4 Å². The number of fused-ring (bicyclic) bond motifs is 2. The Morgan fingerprint density at radius 1 is 0.628 bits per heavy atom. The highest BCUT2D eigenvalue weighted by atomic mass is 79.9. The van der Waals surface area contributed by atoms with Crippen LogP contribution >= 0.6 is 47.8 Å². The lowest BCUT2D eigenvalue weighted by Crippen LogP contribution is -2.17. The quantitative estimate of drug-likeness (QED) is 0.0474. The molecule has 43 heavy (non-hydrogen) atoms. The Morgan fingerprint density at radius 3 is 1.47 bits per heavy atom. The molecular formula is C28H11Br3F4O7S. The zero-order chi connectivity index (χ0) is 31.4. The van der Waals surface area contributed by atoms with Gasteiger partial charge in [0, 0.05) is 35.0 Å². The molecule has 5 aromatic rings. The second-order valence-electron chi connectivity index (χ2n) is 8.71. The minimum atomic E-state index is -5.73. The Labute approximate surface area is 264 Å². The highest BCUT2D eigenvalue weighted by Crippen LogP contribution is 2.41. The van der Waals surface area contributed by atoms with E-state index in [1.807, 2.05) is 0 Å². The molecule has 0 aliphatic rings. The maximum atomic E-state index is 14.7. The molecule has 0 amide bonds. The van der Waals surface area contributed by atoms with Crippen LogP contribution in [0.5, 0.6) is 11.5 Å². The molecular weight excluding hydrogens is 796 g/mol. The second-order valence-corrected chi connectivity index (χ2v) is 12.7. The van der Waals surface area contributed by atoms with E-state index in [2.05, 4.69) is 47.8 Å². The molecule has 0 aromatic heterocycles. The van der Waals surface area contributed by atoms with Crippen LogP contribution in [-0.4, -0.2) is 24.9 Å². The van der Waals surface area contributed by atoms with Crippen molar-refractivity contribution in [1.29, 1.82) is 0 Å². The molecule has 0 atom stereocenters. The lowest BCUT2D eigenvalue weighted by Gasteiger charge is -2.17. The van der Waals surface area contributed by atoms with Gasteiger partial charge in [-0.3, -0.25) is 4.55 Å². The molecule has 0 radical (unpaired) electrons. The normalized spacial score (nSPS) is 11.6. The van der Waals surface area contributed by atoms with Crippen LogP contribution in [0.1, 0.15) is 20.7 Å². The van der Waals surface area contributed by atoms with Crippen molar-refractivity contribution in [2.45, 2.75) is 4.90 Å². The first-order chi connectivity index (χ1) is 20.2. The number of benzene rings is 5. The molecule has 15 heteroatoms. The van der Waals surface area contributed by atoms with Crippen LogP contribution in [0.15, 0.2) is 79.0 Å². The standard InChI is InChI=1S/C28H11Br3F4O7S/c29-11-9-16(30)19(17(31)10-11)28(37)41-24-14-7-3-1-5-12(14)18(13-6-2-4-8-15(13)24)27(36)42-25-20(32)22(34)26(43(38,39)40)23(35)21(25)33/h1-10H,(H,38,39,40). The number of ether oxygens (including phenoxy) is 2. The van der Waals surface area contributed by atoms with Gasteiger partial charge in [-0.05, 0) is 44.0 Å². The molecule has 0 fully saturated rings. The van der Waals surface area contributed by atoms with E-state index in [9.17, 15) is 35.6 Å². The molecule has 0 aliphatic heterocycles. The molecule has 0 saturated carbocycles. The summed E-state index contributed by atoms with van der Waals surface area (Å²) in [6.45, 7) is 0. The fourth-order valence-electron chi connectivity index (χ4n) is 4.35. The summed E-state index contributed by atoms with van der Waals surface area (Å²) in [5, 5.41) is 0.510. The van der Waals surface area contributed by atoms with Gasteiger partial charge in [0.1, 0.15) is 5.75 Å². The van der Waals surface area contributed by atoms with Gasteiger partial charge in [0.05, 0.1) is 11.1 Å². The summed E-state index contributed by atoms with van der Waals surface area (Å²) in [5.41, 5.74) is -0.182. The van der Waals surface area contributed by atoms with E-state index in [1.54, 1.807) is 24.3 Å². The van der Waals surface area contributed by atoms with Gasteiger partial charge in [0.2, 0.25) is 17.4 Å². The minimum Gasteiger partial charge on any atom is -0.422 e. The van der Waals surface area contributed by atoms with Crippen LogP contribution in [0, 0.1) is 23.3 Å². The number of carbonyl (C=O) groups excluding carboxylic acids is 2. The van der Waals surface area contributed by atoms with Gasteiger partial charge in [-0.15, -0.1) is 0 Å². The Kier molecular flexibility index (Phi) is 8.39. The Balaban J connectivity index is 1.69. The van der Waals surface area contributed by atoms with Crippen LogP contribution in [0.25, 0.3) is 21.5 Å². The lowest BCUT2D eigenvalue weighted by molar-refractivity contribution is 0.0718. The summed E-state index contributed by atoms with van der Waals surface area (Å²) in [6, 6.07) is 15.2. The molecule has 0 bridgehead atoms. The third-order valence-corrected chi connectivity index (χ3v) is 8.71. The molecule has 0 unspecified atom stereocenters. The summed E-state index contributed by atoms with van der Waals surface area (Å²) in [7, 11) is -5.73. The molecule has 7 nitrogen and oxygen atoms in total. The molecule has 0 aliphatic carbocycles. The van der Waals surface area contributed by atoms with Gasteiger partial charge in [0.25, 0.3) is 0 Å². The topological polar surface area (TPSA) is 107 Å². The smallest absolute Gasteiger partial charge is 0.345 e. The third kappa shape index (κ3) is 5.55. The van der Waals surface area contributed by atoms with E-state index < -0.39 is 56.0 Å². The summed E-state index contributed by atoms with van der Waals surface area (Å²) in [4.78, 5) is 24.5. The maximum absolute atomic E-state index is 14.7. The minimum absolute atomic E-state index is 0.0152.